The van der Waals surface area contributed by atoms with Gasteiger partial charge in [0, 0.05) is 50.4 Å². The van der Waals surface area contributed by atoms with Crippen molar-refractivity contribution in [2.24, 2.45) is 5.11 Å². The molecular weight excluding hydrogens is 334 g/mol. The predicted molar refractivity (Wildman–Crippen MR) is 93.4 cm³/mol. The minimum atomic E-state index is 0.430. The highest BCUT2D eigenvalue weighted by Gasteiger charge is 2.15. The van der Waals surface area contributed by atoms with Gasteiger partial charge in [-0.05, 0) is 5.53 Å². The fraction of sp³-hybridized carbons (Fsp3) is 0.600. The Bertz CT molecular complexity index is 795. The van der Waals surface area contributed by atoms with E-state index in [1.165, 1.54) is 0 Å². The summed E-state index contributed by atoms with van der Waals surface area (Å²) >= 11 is 0. The Balaban J connectivity index is 1.80. The smallest absolute Gasteiger partial charge is 0.0967 e. The van der Waals surface area contributed by atoms with Crippen LogP contribution >= 0.6 is 0 Å². The number of terminal acetylenes is 1. The maximum absolute atomic E-state index is 8.49. The maximum atomic E-state index is 8.49. The fourth-order valence-corrected chi connectivity index (χ4v) is 2.91. The number of azide groups is 1. The zero-order valence-corrected chi connectivity index (χ0v) is 14.5. The molecule has 2 bridgehead atoms. The molecule has 0 aromatic carbocycles. The molecule has 2 aromatic rings. The van der Waals surface area contributed by atoms with Crippen LogP contribution in [0, 0.1) is 12.3 Å². The fourth-order valence-electron chi connectivity index (χ4n) is 2.91. The molecule has 3 rings (SSSR count). The van der Waals surface area contributed by atoms with Gasteiger partial charge in [0.15, 0.2) is 0 Å². The number of aromatic nitrogens is 6. The van der Waals surface area contributed by atoms with Gasteiger partial charge in [-0.25, -0.2) is 4.68 Å². The summed E-state index contributed by atoms with van der Waals surface area (Å²) in [5.41, 5.74) is 10.4. The van der Waals surface area contributed by atoms with Gasteiger partial charge < -0.3 is 0 Å². The molecule has 0 radical (unpaired) electrons. The van der Waals surface area contributed by atoms with E-state index in [1.807, 2.05) is 15.6 Å². The molecule has 136 valence electrons. The van der Waals surface area contributed by atoms with Gasteiger partial charge >= 0.3 is 0 Å². The van der Waals surface area contributed by atoms with Crippen LogP contribution in [-0.2, 0) is 26.2 Å². The highest BCUT2D eigenvalue weighted by atomic mass is 15.5. The third-order valence-electron chi connectivity index (χ3n) is 4.22. The quantitative estimate of drug-likeness (QED) is 0.333. The summed E-state index contributed by atoms with van der Waals surface area (Å²) in [6.07, 6.45) is 9.23. The molecule has 26 heavy (non-hydrogen) atoms. The first kappa shape index (κ1) is 17.9. The number of fused-ring (bicyclic) bond motifs is 3. The van der Waals surface area contributed by atoms with Crippen LogP contribution in [0.2, 0.25) is 0 Å². The number of hydrogen-bond donors (Lipinski definition) is 0. The van der Waals surface area contributed by atoms with Crippen molar-refractivity contribution in [3.05, 3.63) is 34.2 Å². The van der Waals surface area contributed by atoms with E-state index >= 15 is 0 Å². The van der Waals surface area contributed by atoms with E-state index in [9.17, 15) is 0 Å². The summed E-state index contributed by atoms with van der Waals surface area (Å²) in [6.45, 7) is 5.85. The lowest BCUT2D eigenvalue weighted by Crippen LogP contribution is -2.34. The van der Waals surface area contributed by atoms with E-state index < -0.39 is 0 Å². The van der Waals surface area contributed by atoms with Crippen LogP contribution in [0.3, 0.4) is 0 Å². The second-order valence-corrected chi connectivity index (χ2v) is 6.07. The molecule has 1 aliphatic heterocycles. The molecule has 0 spiro atoms. The topological polar surface area (TPSA) is 117 Å². The molecule has 0 aliphatic carbocycles. The molecule has 3 heterocycles. The van der Waals surface area contributed by atoms with Gasteiger partial charge in [-0.15, -0.1) is 16.6 Å². The van der Waals surface area contributed by atoms with Crippen molar-refractivity contribution < 1.29 is 0 Å². The van der Waals surface area contributed by atoms with E-state index in [-0.39, 0.29) is 0 Å². The molecule has 2 aromatic heterocycles. The Kier molecular flexibility index (Phi) is 6.16. The van der Waals surface area contributed by atoms with Gasteiger partial charge in [0.1, 0.15) is 0 Å². The molecule has 0 atom stereocenters. The van der Waals surface area contributed by atoms with Gasteiger partial charge in [0.2, 0.25) is 0 Å². The second kappa shape index (κ2) is 8.96. The predicted octanol–water partition coefficient (Wildman–Crippen LogP) is 0.131. The normalized spacial score (nSPS) is 16.4. The third-order valence-corrected chi connectivity index (χ3v) is 4.22. The highest BCUT2D eigenvalue weighted by Crippen LogP contribution is 2.09. The number of nitrogens with zero attached hydrogens (tertiary/aromatic N) is 11. The van der Waals surface area contributed by atoms with Crippen molar-refractivity contribution in [3.63, 3.8) is 0 Å². The first-order valence-corrected chi connectivity index (χ1v) is 8.44. The van der Waals surface area contributed by atoms with Crippen LogP contribution in [0.15, 0.2) is 17.5 Å². The second-order valence-electron chi connectivity index (χ2n) is 6.07. The van der Waals surface area contributed by atoms with Crippen LogP contribution in [0.25, 0.3) is 10.4 Å². The maximum Gasteiger partial charge on any atom is 0.0967 e. The Morgan fingerprint density at radius 2 is 2.08 bits per heavy atom. The molecule has 0 unspecified atom stereocenters. The van der Waals surface area contributed by atoms with E-state index in [1.54, 1.807) is 6.20 Å². The summed E-state index contributed by atoms with van der Waals surface area (Å²) in [5.74, 6) is 2.69. The summed E-state index contributed by atoms with van der Waals surface area (Å²) < 4.78 is 3.73. The largest absolute Gasteiger partial charge is 0.300 e. The molecule has 1 aliphatic rings. The zero-order chi connectivity index (χ0) is 18.2. The minimum absolute atomic E-state index is 0.430. The molecule has 11 heteroatoms. The summed E-state index contributed by atoms with van der Waals surface area (Å²) in [7, 11) is 0. The van der Waals surface area contributed by atoms with Crippen molar-refractivity contribution in [2.45, 2.75) is 26.2 Å². The minimum Gasteiger partial charge on any atom is -0.300 e. The molecule has 0 saturated carbocycles. The molecule has 0 fully saturated rings. The van der Waals surface area contributed by atoms with Crippen molar-refractivity contribution in [1.29, 1.82) is 0 Å². The van der Waals surface area contributed by atoms with Gasteiger partial charge in [-0.1, -0.05) is 21.5 Å². The van der Waals surface area contributed by atoms with Crippen molar-refractivity contribution in [3.8, 4) is 12.3 Å². The number of rotatable bonds is 4. The lowest BCUT2D eigenvalue weighted by molar-refractivity contribution is 0.242. The highest BCUT2D eigenvalue weighted by molar-refractivity contribution is 5.00. The van der Waals surface area contributed by atoms with E-state index in [0.29, 0.717) is 45.8 Å². The van der Waals surface area contributed by atoms with Crippen LogP contribution in [0.1, 0.15) is 11.4 Å². The Hall–Kier alpha value is -2.93. The van der Waals surface area contributed by atoms with Gasteiger partial charge in [-0.2, -0.15) is 0 Å². The SMILES string of the molecule is C#CCN1Cc2cn(nn2)CCN(CCN=[N+]=[N-])CCn2nncc2C1. The molecule has 0 N–H and O–H groups in total. The van der Waals surface area contributed by atoms with Crippen molar-refractivity contribution >= 4 is 0 Å². The zero-order valence-electron chi connectivity index (χ0n) is 14.5. The lowest BCUT2D eigenvalue weighted by atomic mass is 10.3. The lowest BCUT2D eigenvalue weighted by Gasteiger charge is -2.22. The van der Waals surface area contributed by atoms with Crippen molar-refractivity contribution in [2.75, 3.05) is 32.7 Å². The molecule has 0 saturated heterocycles. The molecule has 0 amide bonds. The Morgan fingerprint density at radius 1 is 1.19 bits per heavy atom. The van der Waals surface area contributed by atoms with E-state index in [0.717, 1.165) is 24.5 Å². The Labute approximate surface area is 151 Å². The monoisotopic (exact) mass is 355 g/mol. The van der Waals surface area contributed by atoms with Crippen LogP contribution in [-0.4, -0.2) is 72.5 Å². The van der Waals surface area contributed by atoms with Crippen LogP contribution in [0.4, 0.5) is 0 Å². The van der Waals surface area contributed by atoms with Gasteiger partial charge in [0.05, 0.1) is 37.2 Å². The standard InChI is InChI=1S/C15H21N11/c1-2-4-24-11-14-12-25(22-19-14)8-6-23(5-3-17-20-16)7-9-26-15(13-24)10-18-21-26/h1,10,12H,3-9,11,13H2. The Morgan fingerprint density at radius 3 is 2.92 bits per heavy atom. The first-order chi connectivity index (χ1) is 12.8. The van der Waals surface area contributed by atoms with Gasteiger partial charge in [-0.3, -0.25) is 14.5 Å². The van der Waals surface area contributed by atoms with E-state index in [2.05, 4.69) is 46.4 Å². The summed E-state index contributed by atoms with van der Waals surface area (Å²) in [5, 5.41) is 20.3. The first-order valence-electron chi connectivity index (χ1n) is 8.44. The van der Waals surface area contributed by atoms with Crippen LogP contribution in [0.5, 0.6) is 0 Å². The van der Waals surface area contributed by atoms with Gasteiger partial charge in [0.25, 0.3) is 0 Å². The van der Waals surface area contributed by atoms with Crippen LogP contribution < -0.4 is 0 Å². The third kappa shape index (κ3) is 4.80. The van der Waals surface area contributed by atoms with E-state index in [4.69, 9.17) is 12.0 Å². The molecule has 11 nitrogen and oxygen atoms in total. The average molecular weight is 355 g/mol. The molecular formula is C15H21N11. The summed E-state index contributed by atoms with van der Waals surface area (Å²) in [6, 6.07) is 0. The van der Waals surface area contributed by atoms with Crippen molar-refractivity contribution in [1.82, 2.24) is 39.8 Å². The summed E-state index contributed by atoms with van der Waals surface area (Å²) in [4.78, 5) is 7.16. The average Bonchev–Trinajstić information content (AvgIpc) is 3.26. The number of hydrogen-bond acceptors (Lipinski definition) is 7.